The van der Waals surface area contributed by atoms with Gasteiger partial charge in [-0.15, -0.1) is 11.8 Å². The normalized spacial score (nSPS) is 16.0. The zero-order valence-corrected chi connectivity index (χ0v) is 13.7. The van der Waals surface area contributed by atoms with Crippen molar-refractivity contribution in [3.63, 3.8) is 0 Å². The van der Waals surface area contributed by atoms with Crippen LogP contribution >= 0.6 is 11.8 Å². The lowest BCUT2D eigenvalue weighted by molar-refractivity contribution is -0.137. The maximum Gasteiger partial charge on any atom is 0.416 e. The van der Waals surface area contributed by atoms with E-state index in [0.29, 0.717) is 17.9 Å². The summed E-state index contributed by atoms with van der Waals surface area (Å²) in [5, 5.41) is 0. The number of hydrogen-bond acceptors (Lipinski definition) is 2. The van der Waals surface area contributed by atoms with Crippen LogP contribution in [0.3, 0.4) is 0 Å². The fourth-order valence-electron chi connectivity index (χ4n) is 2.37. The van der Waals surface area contributed by atoms with Crippen molar-refractivity contribution in [2.45, 2.75) is 43.7 Å². The molecule has 0 atom stereocenters. The number of rotatable bonds is 7. The molecule has 0 heterocycles. The minimum atomic E-state index is -4.29. The van der Waals surface area contributed by atoms with Crippen LogP contribution in [-0.4, -0.2) is 12.9 Å². The second-order valence-corrected chi connectivity index (χ2v) is 6.43. The smallest absolute Gasteiger partial charge is 0.416 e. The summed E-state index contributed by atoms with van der Waals surface area (Å²) in [5.41, 5.74) is 1.52. The Balaban J connectivity index is 2.18. The molecule has 1 fully saturated rings. The molecule has 0 amide bonds. The monoisotopic (exact) mass is 330 g/mol. The van der Waals surface area contributed by atoms with Crippen molar-refractivity contribution < 1.29 is 17.9 Å². The minimum absolute atomic E-state index is 0.585. The van der Waals surface area contributed by atoms with Crippen molar-refractivity contribution in [1.29, 1.82) is 0 Å². The molecule has 1 saturated carbocycles. The Hall–Kier alpha value is -1.10. The van der Waals surface area contributed by atoms with Gasteiger partial charge >= 0.3 is 6.18 Å². The highest BCUT2D eigenvalue weighted by molar-refractivity contribution is 7.98. The number of hydrogen-bond donors (Lipinski definition) is 0. The van der Waals surface area contributed by atoms with Crippen molar-refractivity contribution in [2.24, 2.45) is 5.92 Å². The average Bonchev–Trinajstić information content (AvgIpc) is 3.28. The molecule has 5 heteroatoms. The first-order valence-electron chi connectivity index (χ1n) is 7.47. The number of benzene rings is 1. The predicted octanol–water partition coefficient (Wildman–Crippen LogP) is 5.69. The van der Waals surface area contributed by atoms with Gasteiger partial charge in [0.2, 0.25) is 0 Å². The largest absolute Gasteiger partial charge is 0.502 e. The Bertz CT molecular complexity index is 533. The second-order valence-electron chi connectivity index (χ2n) is 5.58. The van der Waals surface area contributed by atoms with Crippen LogP contribution in [0.5, 0.6) is 0 Å². The molecule has 122 valence electrons. The van der Waals surface area contributed by atoms with E-state index in [4.69, 9.17) is 4.74 Å². The average molecular weight is 330 g/mol. The van der Waals surface area contributed by atoms with Crippen molar-refractivity contribution in [1.82, 2.24) is 0 Å². The van der Waals surface area contributed by atoms with Gasteiger partial charge in [-0.2, -0.15) is 13.2 Å². The van der Waals surface area contributed by atoms with E-state index in [-0.39, 0.29) is 0 Å². The molecule has 1 aromatic rings. The third-order valence-corrected chi connectivity index (χ3v) is 4.52. The highest BCUT2D eigenvalue weighted by atomic mass is 32.2. The van der Waals surface area contributed by atoms with Crippen LogP contribution in [0.1, 0.15) is 37.3 Å². The summed E-state index contributed by atoms with van der Waals surface area (Å²) in [7, 11) is 0. The van der Waals surface area contributed by atoms with Crippen LogP contribution in [0, 0.1) is 5.92 Å². The summed E-state index contributed by atoms with van der Waals surface area (Å²) in [4.78, 5) is 0.688. The molecule has 0 aliphatic heterocycles. The lowest BCUT2D eigenvalue weighted by atomic mass is 10.00. The van der Waals surface area contributed by atoms with Crippen LogP contribution in [0.25, 0.3) is 0 Å². The van der Waals surface area contributed by atoms with Gasteiger partial charge in [0.05, 0.1) is 18.4 Å². The van der Waals surface area contributed by atoms with Crippen molar-refractivity contribution in [3.05, 3.63) is 41.2 Å². The maximum absolute atomic E-state index is 12.8. The van der Waals surface area contributed by atoms with Gasteiger partial charge in [0.1, 0.15) is 0 Å². The maximum atomic E-state index is 12.8. The third-order valence-electron chi connectivity index (χ3n) is 3.70. The molecule has 0 unspecified atom stereocenters. The summed E-state index contributed by atoms with van der Waals surface area (Å²) in [6.07, 6.45) is 3.43. The zero-order chi connectivity index (χ0) is 16.2. The van der Waals surface area contributed by atoms with E-state index >= 15 is 0 Å². The molecule has 0 N–H and O–H groups in total. The highest BCUT2D eigenvalue weighted by Gasteiger charge is 2.31. The zero-order valence-electron chi connectivity index (χ0n) is 12.9. The van der Waals surface area contributed by atoms with Crippen molar-refractivity contribution >= 4 is 11.8 Å². The summed E-state index contributed by atoms with van der Waals surface area (Å²) in [5.74, 6) is 0.721. The number of halogens is 3. The Kier molecular flexibility index (Phi) is 5.84. The van der Waals surface area contributed by atoms with E-state index in [1.54, 1.807) is 12.3 Å². The summed E-state index contributed by atoms with van der Waals surface area (Å²) >= 11 is 1.36. The van der Waals surface area contributed by atoms with Crippen LogP contribution in [0.15, 0.2) is 34.9 Å². The third kappa shape index (κ3) is 4.97. The molecule has 0 spiro atoms. The molecule has 1 nitrogen and oxygen atoms in total. The molecule has 0 saturated heterocycles. The van der Waals surface area contributed by atoms with E-state index in [0.717, 1.165) is 17.9 Å². The van der Waals surface area contributed by atoms with Crippen LogP contribution < -0.4 is 0 Å². The molecule has 0 aromatic heterocycles. The fraction of sp³-hybridized carbons (Fsp3) is 0.529. The molecule has 1 aromatic carbocycles. The molecule has 0 bridgehead atoms. The van der Waals surface area contributed by atoms with E-state index in [9.17, 15) is 13.2 Å². The van der Waals surface area contributed by atoms with Crippen molar-refractivity contribution in [2.75, 3.05) is 12.9 Å². The Morgan fingerprint density at radius 1 is 1.36 bits per heavy atom. The Morgan fingerprint density at radius 2 is 2.09 bits per heavy atom. The van der Waals surface area contributed by atoms with Gasteiger partial charge in [0.25, 0.3) is 0 Å². The first-order valence-corrected chi connectivity index (χ1v) is 8.70. The summed E-state index contributed by atoms with van der Waals surface area (Å²) in [6, 6.07) is 4.02. The van der Waals surface area contributed by atoms with Crippen molar-refractivity contribution in [3.8, 4) is 0 Å². The lowest BCUT2D eigenvalue weighted by Crippen LogP contribution is -2.06. The second kappa shape index (κ2) is 7.44. The predicted molar refractivity (Wildman–Crippen MR) is 84.0 cm³/mol. The van der Waals surface area contributed by atoms with E-state index < -0.39 is 11.7 Å². The molecule has 22 heavy (non-hydrogen) atoms. The first-order chi connectivity index (χ1) is 10.4. The quantitative estimate of drug-likeness (QED) is 0.469. The van der Waals surface area contributed by atoms with Gasteiger partial charge < -0.3 is 4.74 Å². The Labute approximate surface area is 133 Å². The van der Waals surface area contributed by atoms with Crippen LogP contribution in [0.4, 0.5) is 13.2 Å². The van der Waals surface area contributed by atoms with Crippen LogP contribution in [-0.2, 0) is 17.3 Å². The van der Waals surface area contributed by atoms with Gasteiger partial charge in [-0.3, -0.25) is 0 Å². The highest BCUT2D eigenvalue weighted by Crippen LogP contribution is 2.38. The first kappa shape index (κ1) is 17.3. The number of alkyl halides is 3. The molecule has 1 aliphatic rings. The SMILES string of the molecule is CCOC=C(Cc1ccc(C(F)(F)F)cc1SC)CC1CC1. The standard InChI is InChI=1S/C17H21F3OS/c1-3-21-11-13(8-12-4-5-12)9-14-6-7-15(17(18,19)20)10-16(14)22-2/h6-7,10-12H,3-5,8-9H2,1-2H3. The van der Waals surface area contributed by atoms with E-state index in [1.165, 1.54) is 42.3 Å². The van der Waals surface area contributed by atoms with E-state index in [1.807, 2.05) is 13.2 Å². The molecular weight excluding hydrogens is 309 g/mol. The van der Waals surface area contributed by atoms with Gasteiger partial charge in [-0.25, -0.2) is 0 Å². The molecule has 1 aliphatic carbocycles. The number of thioether (sulfide) groups is 1. The van der Waals surface area contributed by atoms with Gasteiger partial charge in [0, 0.05) is 4.90 Å². The summed E-state index contributed by atoms with van der Waals surface area (Å²) in [6.45, 7) is 2.53. The lowest BCUT2D eigenvalue weighted by Gasteiger charge is -2.14. The fourth-order valence-corrected chi connectivity index (χ4v) is 3.01. The van der Waals surface area contributed by atoms with E-state index in [2.05, 4.69) is 0 Å². The number of ether oxygens (including phenoxy) is 1. The Morgan fingerprint density at radius 3 is 2.64 bits per heavy atom. The van der Waals surface area contributed by atoms with Gasteiger partial charge in [-0.05, 0) is 68.0 Å². The van der Waals surface area contributed by atoms with Gasteiger partial charge in [0.15, 0.2) is 0 Å². The molecule has 2 rings (SSSR count). The molecular formula is C17H21F3OS. The van der Waals surface area contributed by atoms with Crippen LogP contribution in [0.2, 0.25) is 0 Å². The number of allylic oxidation sites excluding steroid dienone is 1. The minimum Gasteiger partial charge on any atom is -0.502 e. The topological polar surface area (TPSA) is 9.23 Å². The van der Waals surface area contributed by atoms with Gasteiger partial charge in [-0.1, -0.05) is 6.07 Å². The summed E-state index contributed by atoms with van der Waals surface area (Å²) < 4.78 is 43.8. The molecule has 0 radical (unpaired) electrons.